The largest absolute Gasteiger partial charge is 0.544 e. The third kappa shape index (κ3) is 42.6. The molecule has 0 bridgehead atoms. The van der Waals surface area contributed by atoms with Crippen LogP contribution in [0.4, 0.5) is 0 Å². The maximum absolute atomic E-state index is 12.8. The van der Waals surface area contributed by atoms with E-state index in [1.165, 1.54) is 135 Å². The van der Waals surface area contributed by atoms with Gasteiger partial charge in [-0.3, -0.25) is 9.59 Å². The summed E-state index contributed by atoms with van der Waals surface area (Å²) in [5.41, 5.74) is 0. The lowest BCUT2D eigenvalue weighted by molar-refractivity contribution is -0.889. The van der Waals surface area contributed by atoms with E-state index < -0.39 is 18.1 Å². The van der Waals surface area contributed by atoms with Crippen molar-refractivity contribution in [3.63, 3.8) is 0 Å². The monoisotopic (exact) mass is 860 g/mol. The van der Waals surface area contributed by atoms with Crippen LogP contribution in [0.15, 0.2) is 36.5 Å². The van der Waals surface area contributed by atoms with Crippen molar-refractivity contribution in [1.29, 1.82) is 0 Å². The van der Waals surface area contributed by atoms with Crippen LogP contribution in [0.25, 0.3) is 0 Å². The number of hydrogen-bond acceptors (Lipinski definition) is 7. The predicted molar refractivity (Wildman–Crippen MR) is 254 cm³/mol. The van der Waals surface area contributed by atoms with Crippen molar-refractivity contribution >= 4 is 17.9 Å². The number of rotatable bonds is 46. The van der Waals surface area contributed by atoms with Gasteiger partial charge in [0.15, 0.2) is 6.10 Å². The van der Waals surface area contributed by atoms with E-state index in [9.17, 15) is 19.5 Å². The third-order valence-corrected chi connectivity index (χ3v) is 11.5. The highest BCUT2D eigenvalue weighted by atomic mass is 16.6. The molecule has 0 aromatic rings. The van der Waals surface area contributed by atoms with E-state index >= 15 is 0 Å². The van der Waals surface area contributed by atoms with Gasteiger partial charge in [-0.15, -0.1) is 0 Å². The maximum atomic E-state index is 12.8. The Balaban J connectivity index is 4.24. The fourth-order valence-electron chi connectivity index (χ4n) is 7.51. The van der Waals surface area contributed by atoms with Crippen molar-refractivity contribution in [3.05, 3.63) is 36.5 Å². The Labute approximate surface area is 376 Å². The highest BCUT2D eigenvalue weighted by molar-refractivity contribution is 5.70. The number of esters is 2. The minimum absolute atomic E-state index is 0.0360. The summed E-state index contributed by atoms with van der Waals surface area (Å²) in [6, 6.07) is -0.728. The first-order valence-corrected chi connectivity index (χ1v) is 25.5. The Bertz CT molecular complexity index is 1090. The molecule has 0 spiro atoms. The summed E-state index contributed by atoms with van der Waals surface area (Å²) in [6.07, 6.45) is 51.7. The van der Waals surface area contributed by atoms with Gasteiger partial charge in [0.1, 0.15) is 12.6 Å². The van der Waals surface area contributed by atoms with Gasteiger partial charge in [-0.25, -0.2) is 0 Å². The lowest BCUT2D eigenvalue weighted by atomic mass is 10.1. The van der Waals surface area contributed by atoms with Crippen molar-refractivity contribution < 1.29 is 38.2 Å². The average Bonchev–Trinajstić information content (AvgIpc) is 3.22. The summed E-state index contributed by atoms with van der Waals surface area (Å²) in [7, 11) is 5.41. The number of nitrogens with zero attached hydrogens (tertiary/aromatic N) is 1. The van der Waals surface area contributed by atoms with Crippen molar-refractivity contribution in [1.82, 2.24) is 0 Å². The number of carboxylic acids is 1. The maximum Gasteiger partial charge on any atom is 0.306 e. The van der Waals surface area contributed by atoms with E-state index in [-0.39, 0.29) is 42.7 Å². The van der Waals surface area contributed by atoms with Crippen molar-refractivity contribution in [3.8, 4) is 0 Å². The summed E-state index contributed by atoms with van der Waals surface area (Å²) in [5.74, 6) is -1.75. The van der Waals surface area contributed by atoms with Gasteiger partial charge in [-0.1, -0.05) is 179 Å². The molecule has 61 heavy (non-hydrogen) atoms. The average molecular weight is 860 g/mol. The van der Waals surface area contributed by atoms with Crippen LogP contribution in [-0.4, -0.2) is 75.5 Å². The first-order chi connectivity index (χ1) is 29.6. The number of allylic oxidation sites excluding steroid dienone is 6. The zero-order valence-corrected chi connectivity index (χ0v) is 40.6. The van der Waals surface area contributed by atoms with Gasteiger partial charge in [0.2, 0.25) is 0 Å². The Kier molecular flexibility index (Phi) is 42.4. The van der Waals surface area contributed by atoms with Gasteiger partial charge < -0.3 is 28.6 Å². The smallest absolute Gasteiger partial charge is 0.306 e. The van der Waals surface area contributed by atoms with E-state index in [1.807, 2.05) is 0 Å². The number of carbonyl (C=O) groups excluding carboxylic acids is 3. The van der Waals surface area contributed by atoms with E-state index in [2.05, 4.69) is 50.3 Å². The van der Waals surface area contributed by atoms with E-state index in [4.69, 9.17) is 14.2 Å². The molecule has 0 saturated heterocycles. The van der Waals surface area contributed by atoms with Crippen LogP contribution in [0.3, 0.4) is 0 Å². The molecular formula is C53H97NO7. The Hall–Kier alpha value is -2.45. The predicted octanol–water partition coefficient (Wildman–Crippen LogP) is 13.3. The van der Waals surface area contributed by atoms with Gasteiger partial charge in [0.05, 0.1) is 40.3 Å². The number of carbonyl (C=O) groups is 3. The van der Waals surface area contributed by atoms with Crippen molar-refractivity contribution in [2.75, 3.05) is 41.0 Å². The number of hydrogen-bond donors (Lipinski definition) is 0. The second-order valence-corrected chi connectivity index (χ2v) is 18.4. The van der Waals surface area contributed by atoms with E-state index in [1.54, 1.807) is 21.1 Å². The molecule has 2 atom stereocenters. The van der Waals surface area contributed by atoms with Crippen molar-refractivity contribution in [2.45, 2.75) is 244 Å². The minimum Gasteiger partial charge on any atom is -0.544 e. The summed E-state index contributed by atoms with van der Waals surface area (Å²) in [5, 5.41) is 11.7. The van der Waals surface area contributed by atoms with Gasteiger partial charge in [-0.05, 0) is 70.6 Å². The molecule has 356 valence electrons. The first-order valence-electron chi connectivity index (χ1n) is 25.5. The molecule has 0 aromatic heterocycles. The molecule has 8 heteroatoms. The summed E-state index contributed by atoms with van der Waals surface area (Å²) in [4.78, 5) is 37.0. The van der Waals surface area contributed by atoms with Crippen molar-refractivity contribution in [2.24, 2.45) is 0 Å². The molecule has 0 aliphatic heterocycles. The standard InChI is InChI=1S/C53H97NO7/c1-6-8-10-12-14-16-18-20-22-24-25-26-27-28-30-31-33-35-37-39-41-43-51(55)60-48-49(47-59-46-45-50(53(57)58)54(3,4)5)61-52(56)44-42-40-38-36-34-32-29-23-21-19-17-15-13-11-9-7-2/h17,19,23-25,29,49-50H,6-16,18,20-22,26-28,30-48H2,1-5H3/b19-17-,25-24-,29-23-. The Morgan fingerprint density at radius 2 is 0.869 bits per heavy atom. The number of quaternary nitrogens is 1. The SMILES string of the molecule is CCCCCC/C=C\C/C=C\CCCCCCCC(=O)OC(COCCC(C(=O)[O-])[N+](C)(C)C)COC(=O)CCCCCCCCCCC/C=C\CCCCCCCCCC. The molecule has 2 unspecified atom stereocenters. The zero-order valence-electron chi connectivity index (χ0n) is 40.6. The lowest BCUT2D eigenvalue weighted by Crippen LogP contribution is -2.55. The summed E-state index contributed by atoms with van der Waals surface area (Å²) >= 11 is 0. The van der Waals surface area contributed by atoms with Crippen LogP contribution < -0.4 is 5.11 Å². The number of ether oxygens (including phenoxy) is 3. The molecule has 0 saturated carbocycles. The highest BCUT2D eigenvalue weighted by Gasteiger charge is 2.25. The normalized spacial score (nSPS) is 13.1. The molecule has 0 N–H and O–H groups in total. The molecular weight excluding hydrogens is 763 g/mol. The number of unbranched alkanes of at least 4 members (excludes halogenated alkanes) is 26. The summed E-state index contributed by atoms with van der Waals surface area (Å²) in [6.45, 7) is 4.65. The third-order valence-electron chi connectivity index (χ3n) is 11.5. The minimum atomic E-state index is -1.13. The van der Waals surface area contributed by atoms with Crippen LogP contribution in [0.2, 0.25) is 0 Å². The molecule has 0 fully saturated rings. The van der Waals surface area contributed by atoms with Gasteiger partial charge in [0.25, 0.3) is 0 Å². The van der Waals surface area contributed by atoms with Crippen LogP contribution in [0.1, 0.15) is 232 Å². The van der Waals surface area contributed by atoms with Crippen LogP contribution in [0.5, 0.6) is 0 Å². The second-order valence-electron chi connectivity index (χ2n) is 18.4. The second kappa shape index (κ2) is 44.2. The first kappa shape index (κ1) is 58.6. The van der Waals surface area contributed by atoms with Crippen LogP contribution in [0, 0.1) is 0 Å². The van der Waals surface area contributed by atoms with Gasteiger partial charge in [-0.2, -0.15) is 0 Å². The number of likely N-dealkylation sites (N-methyl/N-ethyl adjacent to an activating group) is 1. The Morgan fingerprint density at radius 1 is 0.492 bits per heavy atom. The topological polar surface area (TPSA) is 102 Å². The van der Waals surface area contributed by atoms with Crippen LogP contribution in [-0.2, 0) is 28.6 Å². The van der Waals surface area contributed by atoms with E-state index in [0.29, 0.717) is 12.8 Å². The molecule has 8 nitrogen and oxygen atoms in total. The quantitative estimate of drug-likeness (QED) is 0.0260. The highest BCUT2D eigenvalue weighted by Crippen LogP contribution is 2.15. The fourth-order valence-corrected chi connectivity index (χ4v) is 7.51. The van der Waals surface area contributed by atoms with E-state index in [0.717, 1.165) is 64.2 Å². The van der Waals surface area contributed by atoms with Gasteiger partial charge in [0, 0.05) is 19.3 Å². The molecule has 0 rings (SSSR count). The fraction of sp³-hybridized carbons (Fsp3) is 0.830. The summed E-state index contributed by atoms with van der Waals surface area (Å²) < 4.78 is 17.2. The van der Waals surface area contributed by atoms with Crippen LogP contribution >= 0.6 is 0 Å². The molecule has 0 radical (unpaired) electrons. The zero-order chi connectivity index (χ0) is 44.9. The molecule has 0 aliphatic carbocycles. The molecule has 0 aliphatic rings. The molecule has 0 amide bonds. The molecule has 0 aromatic carbocycles. The number of aliphatic carboxylic acids is 1. The lowest BCUT2D eigenvalue weighted by Gasteiger charge is -2.34. The van der Waals surface area contributed by atoms with Gasteiger partial charge >= 0.3 is 11.9 Å². The number of carboxylic acid groups (broad SMARTS) is 1. The molecule has 0 heterocycles. The Morgan fingerprint density at radius 3 is 1.30 bits per heavy atom.